The first kappa shape index (κ1) is 19.5. The zero-order valence-electron chi connectivity index (χ0n) is 16.3. The number of H-pyrrole nitrogens is 1. The topological polar surface area (TPSA) is 79.5 Å². The smallest absolute Gasteiger partial charge is 0.310 e. The molecule has 1 saturated carbocycles. The van der Waals surface area contributed by atoms with E-state index in [9.17, 15) is 13.2 Å². The number of para-hydroxylation sites is 1. The van der Waals surface area contributed by atoms with Gasteiger partial charge in [0.05, 0.1) is 18.3 Å². The van der Waals surface area contributed by atoms with E-state index in [1.54, 1.807) is 4.31 Å². The Bertz CT molecular complexity index is 944. The number of carbonyl (C=O) groups is 1. The summed E-state index contributed by atoms with van der Waals surface area (Å²) in [6, 6.07) is 8.23. The van der Waals surface area contributed by atoms with Gasteiger partial charge in [-0.25, -0.2) is 12.7 Å². The van der Waals surface area contributed by atoms with E-state index in [4.69, 9.17) is 4.74 Å². The third-order valence-corrected chi connectivity index (χ3v) is 8.88. The Balaban J connectivity index is 1.48. The lowest BCUT2D eigenvalue weighted by molar-refractivity contribution is -0.146. The summed E-state index contributed by atoms with van der Waals surface area (Å²) in [4.78, 5) is 15.5. The predicted octanol–water partition coefficient (Wildman–Crippen LogP) is 3.41. The highest BCUT2D eigenvalue weighted by Gasteiger charge is 2.44. The van der Waals surface area contributed by atoms with Crippen molar-refractivity contribution in [1.29, 1.82) is 0 Å². The number of esters is 1. The van der Waals surface area contributed by atoms with E-state index in [0.29, 0.717) is 31.8 Å². The van der Waals surface area contributed by atoms with Crippen LogP contribution in [0.3, 0.4) is 0 Å². The fourth-order valence-corrected chi connectivity index (χ4v) is 7.15. The standard InChI is InChI=1S/C21H28N2O4S/c1-27-21(24)17-7-3-5-9-20(17)28(25,26)23-12-10-15(11-13-23)18-14-22-19-8-4-2-6-16(18)19/h2,4,6,8,14-15,17,20,22H,3,5,7,9-13H2,1H3. The van der Waals surface area contributed by atoms with Crippen LogP contribution in [0, 0.1) is 5.92 Å². The van der Waals surface area contributed by atoms with Crippen LogP contribution in [0.15, 0.2) is 30.5 Å². The van der Waals surface area contributed by atoms with Crippen molar-refractivity contribution >= 4 is 26.9 Å². The molecule has 2 unspecified atom stereocenters. The molecule has 28 heavy (non-hydrogen) atoms. The summed E-state index contributed by atoms with van der Waals surface area (Å²) < 4.78 is 33.1. The second-order valence-corrected chi connectivity index (χ2v) is 10.1. The fraction of sp³-hybridized carbons (Fsp3) is 0.571. The molecule has 7 heteroatoms. The van der Waals surface area contributed by atoms with Crippen molar-refractivity contribution in [3.63, 3.8) is 0 Å². The molecule has 0 amide bonds. The minimum Gasteiger partial charge on any atom is -0.469 e. The van der Waals surface area contributed by atoms with Gasteiger partial charge in [-0.15, -0.1) is 0 Å². The third-order valence-electron chi connectivity index (χ3n) is 6.46. The highest BCUT2D eigenvalue weighted by Crippen LogP contribution is 2.37. The average Bonchev–Trinajstić information content (AvgIpc) is 3.17. The molecule has 2 aliphatic rings. The van der Waals surface area contributed by atoms with Crippen molar-refractivity contribution in [2.45, 2.75) is 49.7 Å². The Morgan fingerprint density at radius 3 is 2.57 bits per heavy atom. The molecular weight excluding hydrogens is 376 g/mol. The first-order chi connectivity index (χ1) is 13.5. The molecule has 1 N–H and O–H groups in total. The van der Waals surface area contributed by atoms with Crippen molar-refractivity contribution in [2.75, 3.05) is 20.2 Å². The lowest BCUT2D eigenvalue weighted by atomic mass is 9.89. The van der Waals surface area contributed by atoms with Crippen LogP contribution in [0.5, 0.6) is 0 Å². The Kier molecular flexibility index (Phi) is 5.47. The molecule has 1 aromatic heterocycles. The number of nitrogens with zero attached hydrogens (tertiary/aromatic N) is 1. The summed E-state index contributed by atoms with van der Waals surface area (Å²) in [5, 5.41) is 0.584. The number of piperidine rings is 1. The predicted molar refractivity (Wildman–Crippen MR) is 109 cm³/mol. The Labute approximate surface area is 166 Å². The van der Waals surface area contributed by atoms with Crippen LogP contribution in [0.4, 0.5) is 0 Å². The SMILES string of the molecule is COC(=O)C1CCCCC1S(=O)(=O)N1CCC(c2c[nH]c3ccccc23)CC1. The van der Waals surface area contributed by atoms with Gasteiger partial charge in [0.2, 0.25) is 10.0 Å². The highest BCUT2D eigenvalue weighted by atomic mass is 32.2. The summed E-state index contributed by atoms with van der Waals surface area (Å²) >= 11 is 0. The lowest BCUT2D eigenvalue weighted by Gasteiger charge is -2.37. The van der Waals surface area contributed by atoms with Gasteiger partial charge in [-0.05, 0) is 43.2 Å². The summed E-state index contributed by atoms with van der Waals surface area (Å²) in [7, 11) is -2.16. The fourth-order valence-electron chi connectivity index (χ4n) is 4.92. The summed E-state index contributed by atoms with van der Waals surface area (Å²) in [5.41, 5.74) is 2.40. The van der Waals surface area contributed by atoms with Crippen molar-refractivity contribution in [3.8, 4) is 0 Å². The molecule has 152 valence electrons. The second-order valence-electron chi connectivity index (χ2n) is 7.96. The van der Waals surface area contributed by atoms with Crippen LogP contribution in [-0.4, -0.2) is 49.1 Å². The van der Waals surface area contributed by atoms with Gasteiger partial charge in [0.15, 0.2) is 0 Å². The van der Waals surface area contributed by atoms with E-state index in [1.807, 2.05) is 12.1 Å². The van der Waals surface area contributed by atoms with E-state index < -0.39 is 21.2 Å². The maximum absolute atomic E-state index is 13.3. The van der Waals surface area contributed by atoms with Gasteiger partial charge in [-0.2, -0.15) is 0 Å². The van der Waals surface area contributed by atoms with Gasteiger partial charge in [-0.3, -0.25) is 4.79 Å². The maximum Gasteiger partial charge on any atom is 0.310 e. The Morgan fingerprint density at radius 2 is 1.82 bits per heavy atom. The number of aromatic amines is 1. The normalized spacial score (nSPS) is 25.0. The van der Waals surface area contributed by atoms with Crippen LogP contribution in [0.25, 0.3) is 10.9 Å². The number of ether oxygens (including phenoxy) is 1. The molecule has 1 aromatic carbocycles. The largest absolute Gasteiger partial charge is 0.469 e. The van der Waals surface area contributed by atoms with Crippen LogP contribution in [0.1, 0.15) is 50.0 Å². The Morgan fingerprint density at radius 1 is 1.11 bits per heavy atom. The lowest BCUT2D eigenvalue weighted by Crippen LogP contribution is -2.48. The molecule has 2 aromatic rings. The molecule has 0 bridgehead atoms. The van der Waals surface area contributed by atoms with Gasteiger partial charge < -0.3 is 9.72 Å². The first-order valence-corrected chi connectivity index (χ1v) is 11.7. The number of sulfonamides is 1. The van der Waals surface area contributed by atoms with Crippen LogP contribution >= 0.6 is 0 Å². The van der Waals surface area contributed by atoms with Crippen molar-refractivity contribution in [2.24, 2.45) is 5.92 Å². The van der Waals surface area contributed by atoms with Gasteiger partial charge in [0, 0.05) is 30.2 Å². The molecule has 2 fully saturated rings. The first-order valence-electron chi connectivity index (χ1n) is 10.1. The molecule has 1 saturated heterocycles. The molecule has 0 spiro atoms. The third kappa shape index (κ3) is 3.46. The number of hydrogen-bond acceptors (Lipinski definition) is 4. The number of hydrogen-bond donors (Lipinski definition) is 1. The molecule has 2 atom stereocenters. The number of rotatable bonds is 4. The summed E-state index contributed by atoms with van der Waals surface area (Å²) in [6.07, 6.45) is 6.55. The molecule has 2 heterocycles. The van der Waals surface area contributed by atoms with Gasteiger partial charge in [-0.1, -0.05) is 31.0 Å². The van der Waals surface area contributed by atoms with E-state index in [2.05, 4.69) is 23.3 Å². The molecule has 6 nitrogen and oxygen atoms in total. The van der Waals surface area contributed by atoms with Crippen molar-refractivity contribution in [3.05, 3.63) is 36.0 Å². The van der Waals surface area contributed by atoms with Gasteiger partial charge in [0.25, 0.3) is 0 Å². The van der Waals surface area contributed by atoms with Crippen LogP contribution in [-0.2, 0) is 19.6 Å². The summed E-state index contributed by atoms with van der Waals surface area (Å²) in [6.45, 7) is 1.02. The number of carbonyl (C=O) groups excluding carboxylic acids is 1. The minimum atomic E-state index is -3.50. The molecule has 1 aliphatic carbocycles. The number of nitrogens with one attached hydrogen (secondary N) is 1. The molecule has 1 aliphatic heterocycles. The number of aromatic nitrogens is 1. The van der Waals surface area contributed by atoms with Crippen LogP contribution < -0.4 is 0 Å². The monoisotopic (exact) mass is 404 g/mol. The van der Waals surface area contributed by atoms with E-state index in [1.165, 1.54) is 18.1 Å². The minimum absolute atomic E-state index is 0.352. The van der Waals surface area contributed by atoms with E-state index in [-0.39, 0.29) is 5.97 Å². The second kappa shape index (κ2) is 7.87. The average molecular weight is 405 g/mol. The Hall–Kier alpha value is -1.86. The van der Waals surface area contributed by atoms with E-state index in [0.717, 1.165) is 31.2 Å². The van der Waals surface area contributed by atoms with Gasteiger partial charge >= 0.3 is 5.97 Å². The number of benzene rings is 1. The zero-order valence-corrected chi connectivity index (χ0v) is 17.1. The number of fused-ring (bicyclic) bond motifs is 1. The zero-order chi connectivity index (χ0) is 19.7. The number of methoxy groups -OCH3 is 1. The molecule has 0 radical (unpaired) electrons. The van der Waals surface area contributed by atoms with E-state index >= 15 is 0 Å². The van der Waals surface area contributed by atoms with Crippen LogP contribution in [0.2, 0.25) is 0 Å². The van der Waals surface area contributed by atoms with Gasteiger partial charge in [0.1, 0.15) is 0 Å². The molecule has 4 rings (SSSR count). The van der Waals surface area contributed by atoms with Crippen molar-refractivity contribution in [1.82, 2.24) is 9.29 Å². The highest BCUT2D eigenvalue weighted by molar-refractivity contribution is 7.89. The maximum atomic E-state index is 13.3. The quantitative estimate of drug-likeness (QED) is 0.792. The molecular formula is C21H28N2O4S. The van der Waals surface area contributed by atoms with Crippen molar-refractivity contribution < 1.29 is 17.9 Å². The summed E-state index contributed by atoms with van der Waals surface area (Å²) in [5.74, 6) is -0.567.